The number of methoxy groups -OCH3 is 2. The first-order valence-corrected chi connectivity index (χ1v) is 7.35. The highest BCUT2D eigenvalue weighted by Gasteiger charge is 2.24. The van der Waals surface area contributed by atoms with Crippen LogP contribution in [0, 0.1) is 5.92 Å². The minimum Gasteiger partial charge on any atom is -0.502 e. The molecule has 0 spiro atoms. The van der Waals surface area contributed by atoms with Crippen LogP contribution in [0.25, 0.3) is 0 Å². The fourth-order valence-corrected chi connectivity index (χ4v) is 2.46. The predicted octanol–water partition coefficient (Wildman–Crippen LogP) is 3.08. The van der Waals surface area contributed by atoms with Crippen molar-refractivity contribution < 1.29 is 14.6 Å². The lowest BCUT2D eigenvalue weighted by molar-refractivity contribution is 0.338. The Morgan fingerprint density at radius 2 is 1.85 bits per heavy atom. The van der Waals surface area contributed by atoms with E-state index < -0.39 is 0 Å². The smallest absolute Gasteiger partial charge is 0.200 e. The van der Waals surface area contributed by atoms with E-state index in [2.05, 4.69) is 12.2 Å². The number of nitrogens with one attached hydrogen (secondary N) is 1. The lowest BCUT2D eigenvalue weighted by atomic mass is 10.1. The minimum absolute atomic E-state index is 0.0590. The monoisotopic (exact) mass is 279 g/mol. The van der Waals surface area contributed by atoms with E-state index in [-0.39, 0.29) is 5.75 Å². The highest BCUT2D eigenvalue weighted by molar-refractivity contribution is 5.52. The third-order valence-corrected chi connectivity index (χ3v) is 3.94. The Bertz CT molecular complexity index is 418. The van der Waals surface area contributed by atoms with Crippen LogP contribution in [0.2, 0.25) is 0 Å². The maximum atomic E-state index is 9.89. The van der Waals surface area contributed by atoms with Crippen LogP contribution >= 0.6 is 0 Å². The molecule has 112 valence electrons. The first-order valence-electron chi connectivity index (χ1n) is 7.35. The van der Waals surface area contributed by atoms with Crippen LogP contribution in [0.1, 0.15) is 38.2 Å². The van der Waals surface area contributed by atoms with Crippen LogP contribution in [-0.2, 0) is 6.54 Å². The Labute approximate surface area is 121 Å². The van der Waals surface area contributed by atoms with Gasteiger partial charge >= 0.3 is 0 Å². The van der Waals surface area contributed by atoms with Crippen molar-refractivity contribution in [3.63, 3.8) is 0 Å². The summed E-state index contributed by atoms with van der Waals surface area (Å²) in [4.78, 5) is 0. The average Bonchev–Trinajstić information content (AvgIpc) is 3.28. The van der Waals surface area contributed by atoms with Crippen molar-refractivity contribution in [2.45, 2.75) is 45.2 Å². The second-order valence-electron chi connectivity index (χ2n) is 5.51. The molecule has 1 fully saturated rings. The van der Waals surface area contributed by atoms with Crippen molar-refractivity contribution in [3.05, 3.63) is 17.7 Å². The fourth-order valence-electron chi connectivity index (χ4n) is 2.46. The summed E-state index contributed by atoms with van der Waals surface area (Å²) in [6, 6.07) is 4.27. The van der Waals surface area contributed by atoms with Crippen molar-refractivity contribution in [3.8, 4) is 17.2 Å². The SMILES string of the molecule is CCC(CC1CC1)NCc1cc(OC)c(O)c(OC)c1. The maximum absolute atomic E-state index is 9.89. The van der Waals surface area contributed by atoms with E-state index in [0.717, 1.165) is 24.4 Å². The first kappa shape index (κ1) is 15.0. The summed E-state index contributed by atoms with van der Waals surface area (Å²) >= 11 is 0. The van der Waals surface area contributed by atoms with Crippen molar-refractivity contribution in [2.24, 2.45) is 5.92 Å². The van der Waals surface area contributed by atoms with Gasteiger partial charge in [-0.2, -0.15) is 0 Å². The van der Waals surface area contributed by atoms with Crippen LogP contribution in [0.4, 0.5) is 0 Å². The van der Waals surface area contributed by atoms with E-state index in [1.165, 1.54) is 19.3 Å². The average molecular weight is 279 g/mol. The number of rotatable bonds is 8. The van der Waals surface area contributed by atoms with Crippen LogP contribution < -0.4 is 14.8 Å². The molecule has 0 heterocycles. The molecule has 1 aliphatic rings. The maximum Gasteiger partial charge on any atom is 0.200 e. The summed E-state index contributed by atoms with van der Waals surface area (Å²) in [5.41, 5.74) is 1.06. The van der Waals surface area contributed by atoms with Gasteiger partial charge in [0.2, 0.25) is 5.75 Å². The lowest BCUT2D eigenvalue weighted by Gasteiger charge is -2.18. The Balaban J connectivity index is 2.00. The molecule has 1 saturated carbocycles. The number of ether oxygens (including phenoxy) is 2. The van der Waals surface area contributed by atoms with E-state index in [0.29, 0.717) is 17.5 Å². The van der Waals surface area contributed by atoms with Gasteiger partial charge in [0.25, 0.3) is 0 Å². The largest absolute Gasteiger partial charge is 0.502 e. The normalized spacial score (nSPS) is 15.9. The van der Waals surface area contributed by atoms with E-state index >= 15 is 0 Å². The standard InChI is InChI=1S/C16H25NO3/c1-4-13(7-11-5-6-11)17-10-12-8-14(19-2)16(18)15(9-12)20-3/h8-9,11,13,17-18H,4-7,10H2,1-3H3. The lowest BCUT2D eigenvalue weighted by Crippen LogP contribution is -2.28. The molecule has 4 nitrogen and oxygen atoms in total. The van der Waals surface area contributed by atoms with Crippen LogP contribution in [0.5, 0.6) is 17.2 Å². The number of hydrogen-bond donors (Lipinski definition) is 2. The van der Waals surface area contributed by atoms with Gasteiger partial charge in [-0.3, -0.25) is 0 Å². The molecule has 0 radical (unpaired) electrons. The van der Waals surface area contributed by atoms with Crippen molar-refractivity contribution >= 4 is 0 Å². The first-order chi connectivity index (χ1) is 9.67. The second-order valence-corrected chi connectivity index (χ2v) is 5.51. The second kappa shape index (κ2) is 6.84. The highest BCUT2D eigenvalue weighted by atomic mass is 16.5. The molecular weight excluding hydrogens is 254 g/mol. The molecule has 0 aliphatic heterocycles. The molecule has 1 aliphatic carbocycles. The third-order valence-electron chi connectivity index (χ3n) is 3.94. The minimum atomic E-state index is 0.0590. The van der Waals surface area contributed by atoms with Gasteiger partial charge in [0.05, 0.1) is 14.2 Å². The summed E-state index contributed by atoms with van der Waals surface area (Å²) in [7, 11) is 3.10. The molecule has 1 aromatic carbocycles. The fraction of sp³-hybridized carbons (Fsp3) is 0.625. The Hall–Kier alpha value is -1.42. The summed E-state index contributed by atoms with van der Waals surface area (Å²) in [6.45, 7) is 2.98. The summed E-state index contributed by atoms with van der Waals surface area (Å²) in [6.07, 6.45) is 5.18. The zero-order valence-corrected chi connectivity index (χ0v) is 12.6. The predicted molar refractivity (Wildman–Crippen MR) is 79.5 cm³/mol. The molecule has 1 atom stereocenters. The highest BCUT2D eigenvalue weighted by Crippen LogP contribution is 2.37. The van der Waals surface area contributed by atoms with Gasteiger partial charge in [-0.05, 0) is 36.5 Å². The molecule has 4 heteroatoms. The van der Waals surface area contributed by atoms with E-state index in [9.17, 15) is 5.11 Å². The molecule has 0 aromatic heterocycles. The molecule has 1 unspecified atom stereocenters. The summed E-state index contributed by atoms with van der Waals surface area (Å²) in [5.74, 6) is 1.90. The van der Waals surface area contributed by atoms with Crippen LogP contribution in [0.3, 0.4) is 0 Å². The quantitative estimate of drug-likeness (QED) is 0.768. The van der Waals surface area contributed by atoms with Gasteiger partial charge in [0, 0.05) is 12.6 Å². The van der Waals surface area contributed by atoms with E-state index in [4.69, 9.17) is 9.47 Å². The topological polar surface area (TPSA) is 50.7 Å². The van der Waals surface area contributed by atoms with Gasteiger partial charge in [-0.1, -0.05) is 19.8 Å². The Morgan fingerprint density at radius 1 is 1.25 bits per heavy atom. The zero-order valence-electron chi connectivity index (χ0n) is 12.6. The number of hydrogen-bond acceptors (Lipinski definition) is 4. The summed E-state index contributed by atoms with van der Waals surface area (Å²) in [5, 5.41) is 13.5. The molecule has 20 heavy (non-hydrogen) atoms. The van der Waals surface area contributed by atoms with Gasteiger partial charge in [-0.25, -0.2) is 0 Å². The van der Waals surface area contributed by atoms with Crippen molar-refractivity contribution in [1.82, 2.24) is 5.32 Å². The molecule has 1 aromatic rings. The van der Waals surface area contributed by atoms with Gasteiger partial charge in [-0.15, -0.1) is 0 Å². The molecule has 0 saturated heterocycles. The zero-order chi connectivity index (χ0) is 14.5. The van der Waals surface area contributed by atoms with Gasteiger partial charge in [0.15, 0.2) is 11.5 Å². The Kier molecular flexibility index (Phi) is 5.12. The van der Waals surface area contributed by atoms with Crippen molar-refractivity contribution in [2.75, 3.05) is 14.2 Å². The number of benzene rings is 1. The number of phenols is 1. The third kappa shape index (κ3) is 3.79. The van der Waals surface area contributed by atoms with E-state index in [1.807, 2.05) is 12.1 Å². The van der Waals surface area contributed by atoms with Gasteiger partial charge < -0.3 is 19.9 Å². The van der Waals surface area contributed by atoms with Gasteiger partial charge in [0.1, 0.15) is 0 Å². The summed E-state index contributed by atoms with van der Waals surface area (Å²) < 4.78 is 10.4. The molecule has 2 N–H and O–H groups in total. The molecule has 0 amide bonds. The molecule has 2 rings (SSSR count). The number of aromatic hydroxyl groups is 1. The van der Waals surface area contributed by atoms with Crippen molar-refractivity contribution in [1.29, 1.82) is 0 Å². The van der Waals surface area contributed by atoms with Crippen LogP contribution in [-0.4, -0.2) is 25.4 Å². The molecule has 0 bridgehead atoms. The van der Waals surface area contributed by atoms with Crippen LogP contribution in [0.15, 0.2) is 12.1 Å². The Morgan fingerprint density at radius 3 is 2.30 bits per heavy atom. The number of phenolic OH excluding ortho intramolecular Hbond substituents is 1. The molecular formula is C16H25NO3. The van der Waals surface area contributed by atoms with E-state index in [1.54, 1.807) is 14.2 Å².